The zero-order valence-corrected chi connectivity index (χ0v) is 22.8. The first-order valence-electron chi connectivity index (χ1n) is 14.2. The molecule has 1 fully saturated rings. The summed E-state index contributed by atoms with van der Waals surface area (Å²) in [6.45, 7) is 2.56. The van der Waals surface area contributed by atoms with E-state index in [-0.39, 0.29) is 6.61 Å². The monoisotopic (exact) mass is 534 g/mol. The minimum absolute atomic E-state index is 0.0412. The molecule has 0 bridgehead atoms. The highest BCUT2D eigenvalue weighted by Crippen LogP contribution is 2.41. The zero-order chi connectivity index (χ0) is 27.5. The summed E-state index contributed by atoms with van der Waals surface area (Å²) in [5, 5.41) is 32.1. The van der Waals surface area contributed by atoms with Crippen molar-refractivity contribution in [2.75, 3.05) is 13.2 Å². The SMILES string of the molecule is CCCCCCCCO[C@@H]1O[C@H](COC(c2ccccc2)(c2ccccc2)c2ccccc2)[C@@H](O)[C@H](O)[C@@H]1O. The molecule has 3 aromatic carbocycles. The van der Waals surface area contributed by atoms with E-state index in [0.717, 1.165) is 36.0 Å². The van der Waals surface area contributed by atoms with Crippen LogP contribution in [0.4, 0.5) is 0 Å². The van der Waals surface area contributed by atoms with E-state index < -0.39 is 36.3 Å². The fourth-order valence-corrected chi connectivity index (χ4v) is 5.25. The zero-order valence-electron chi connectivity index (χ0n) is 22.8. The van der Waals surface area contributed by atoms with Crippen molar-refractivity contribution in [1.82, 2.24) is 0 Å². The molecule has 5 atom stereocenters. The lowest BCUT2D eigenvalue weighted by Crippen LogP contribution is -2.59. The highest BCUT2D eigenvalue weighted by atomic mass is 16.7. The van der Waals surface area contributed by atoms with Crippen molar-refractivity contribution >= 4 is 0 Å². The molecule has 0 spiro atoms. The van der Waals surface area contributed by atoms with E-state index in [1.54, 1.807) is 0 Å². The average Bonchev–Trinajstić information content (AvgIpc) is 2.99. The predicted octanol–water partition coefficient (Wildman–Crippen LogP) is 5.18. The third-order valence-electron chi connectivity index (χ3n) is 7.45. The molecule has 0 aliphatic carbocycles. The van der Waals surface area contributed by atoms with Gasteiger partial charge < -0.3 is 29.5 Å². The van der Waals surface area contributed by atoms with Gasteiger partial charge in [-0.25, -0.2) is 0 Å². The van der Waals surface area contributed by atoms with Gasteiger partial charge in [-0.05, 0) is 23.1 Å². The Morgan fingerprint density at radius 1 is 0.641 bits per heavy atom. The van der Waals surface area contributed by atoms with E-state index in [4.69, 9.17) is 14.2 Å². The van der Waals surface area contributed by atoms with Crippen LogP contribution in [0, 0.1) is 0 Å². The summed E-state index contributed by atoms with van der Waals surface area (Å²) in [7, 11) is 0. The number of aliphatic hydroxyl groups excluding tert-OH is 3. The number of benzene rings is 3. The second-order valence-electron chi connectivity index (χ2n) is 10.2. The lowest BCUT2D eigenvalue weighted by atomic mass is 9.80. The number of hydrogen-bond acceptors (Lipinski definition) is 6. The molecule has 3 N–H and O–H groups in total. The molecule has 1 aliphatic rings. The lowest BCUT2D eigenvalue weighted by Gasteiger charge is -2.42. The molecule has 0 unspecified atom stereocenters. The van der Waals surface area contributed by atoms with Crippen molar-refractivity contribution in [3.63, 3.8) is 0 Å². The lowest BCUT2D eigenvalue weighted by molar-refractivity contribution is -0.305. The smallest absolute Gasteiger partial charge is 0.186 e. The van der Waals surface area contributed by atoms with Gasteiger partial charge in [0.1, 0.15) is 30.0 Å². The minimum atomic E-state index is -1.42. The standard InChI is InChI=1S/C33H42O6/c1-2-3-4-5-6-16-23-37-32-31(36)30(35)29(34)28(39-32)24-38-33(25-17-10-7-11-18-25,26-19-12-8-13-20-26)27-21-14-9-15-22-27/h7-15,17-22,28-32,34-36H,2-6,16,23-24H2,1H3/t28-,29-,30+,31+,32-/m1/s1. The van der Waals surface area contributed by atoms with Crippen molar-refractivity contribution in [2.45, 2.75) is 81.8 Å². The van der Waals surface area contributed by atoms with Gasteiger partial charge in [0.15, 0.2) is 6.29 Å². The van der Waals surface area contributed by atoms with E-state index in [2.05, 4.69) is 6.92 Å². The molecule has 6 heteroatoms. The fourth-order valence-electron chi connectivity index (χ4n) is 5.25. The summed E-state index contributed by atoms with van der Waals surface area (Å²) in [4.78, 5) is 0. The summed E-state index contributed by atoms with van der Waals surface area (Å²) < 4.78 is 18.6. The van der Waals surface area contributed by atoms with Crippen LogP contribution in [0.25, 0.3) is 0 Å². The van der Waals surface area contributed by atoms with Crippen LogP contribution in [0.2, 0.25) is 0 Å². The van der Waals surface area contributed by atoms with E-state index in [9.17, 15) is 15.3 Å². The highest BCUT2D eigenvalue weighted by Gasteiger charge is 2.46. The molecule has 0 amide bonds. The van der Waals surface area contributed by atoms with Crippen LogP contribution in [0.3, 0.4) is 0 Å². The van der Waals surface area contributed by atoms with Crippen LogP contribution in [0.1, 0.15) is 62.1 Å². The molecule has 0 aromatic heterocycles. The Bertz CT molecular complexity index is 980. The minimum Gasteiger partial charge on any atom is -0.387 e. The van der Waals surface area contributed by atoms with Gasteiger partial charge in [-0.2, -0.15) is 0 Å². The highest BCUT2D eigenvalue weighted by molar-refractivity contribution is 5.47. The molecule has 0 radical (unpaired) electrons. The maximum atomic E-state index is 10.9. The molecular weight excluding hydrogens is 492 g/mol. The molecule has 1 heterocycles. The van der Waals surface area contributed by atoms with Crippen LogP contribution >= 0.6 is 0 Å². The average molecular weight is 535 g/mol. The summed E-state index contributed by atoms with van der Waals surface area (Å²) in [6, 6.07) is 29.8. The fraction of sp³-hybridized carbons (Fsp3) is 0.455. The number of ether oxygens (including phenoxy) is 3. The Labute approximate surface area is 232 Å². The third kappa shape index (κ3) is 7.14. The number of hydrogen-bond donors (Lipinski definition) is 3. The summed E-state index contributed by atoms with van der Waals surface area (Å²) in [6.07, 6.45) is 0.591. The number of unbranched alkanes of at least 4 members (excludes halogenated alkanes) is 5. The Morgan fingerprint density at radius 3 is 1.64 bits per heavy atom. The Balaban J connectivity index is 1.54. The molecule has 3 aromatic rings. The van der Waals surface area contributed by atoms with E-state index >= 15 is 0 Å². The maximum absolute atomic E-state index is 10.9. The quantitative estimate of drug-likeness (QED) is 0.195. The molecule has 39 heavy (non-hydrogen) atoms. The van der Waals surface area contributed by atoms with E-state index in [1.165, 1.54) is 19.3 Å². The second-order valence-corrected chi connectivity index (χ2v) is 10.2. The van der Waals surface area contributed by atoms with Crippen molar-refractivity contribution in [2.24, 2.45) is 0 Å². The van der Waals surface area contributed by atoms with Crippen molar-refractivity contribution in [1.29, 1.82) is 0 Å². The predicted molar refractivity (Wildman–Crippen MR) is 151 cm³/mol. The second kappa shape index (κ2) is 14.7. The van der Waals surface area contributed by atoms with Gasteiger partial charge in [0.2, 0.25) is 0 Å². The van der Waals surface area contributed by atoms with Crippen LogP contribution < -0.4 is 0 Å². The molecule has 6 nitrogen and oxygen atoms in total. The molecule has 210 valence electrons. The van der Waals surface area contributed by atoms with Crippen molar-refractivity contribution in [3.05, 3.63) is 108 Å². The first-order valence-corrected chi connectivity index (χ1v) is 14.2. The van der Waals surface area contributed by atoms with E-state index in [1.807, 2.05) is 91.0 Å². The van der Waals surface area contributed by atoms with Gasteiger partial charge in [-0.3, -0.25) is 0 Å². The van der Waals surface area contributed by atoms with Crippen LogP contribution in [0.5, 0.6) is 0 Å². The molecular formula is C33H42O6. The Morgan fingerprint density at radius 2 is 1.13 bits per heavy atom. The molecule has 1 aliphatic heterocycles. The van der Waals surface area contributed by atoms with Crippen LogP contribution in [0.15, 0.2) is 91.0 Å². The van der Waals surface area contributed by atoms with Crippen molar-refractivity contribution < 1.29 is 29.5 Å². The van der Waals surface area contributed by atoms with Gasteiger partial charge >= 0.3 is 0 Å². The Hall–Kier alpha value is -2.58. The van der Waals surface area contributed by atoms with Crippen LogP contribution in [-0.4, -0.2) is 59.2 Å². The Kier molecular flexibility index (Phi) is 11.1. The summed E-state index contributed by atoms with van der Waals surface area (Å²) in [5.41, 5.74) is 1.76. The van der Waals surface area contributed by atoms with Crippen LogP contribution in [-0.2, 0) is 19.8 Å². The first-order chi connectivity index (χ1) is 19.1. The number of rotatable bonds is 14. The normalized spacial score (nSPS) is 23.5. The largest absolute Gasteiger partial charge is 0.387 e. The van der Waals surface area contributed by atoms with Gasteiger partial charge in [0.05, 0.1) is 6.61 Å². The number of aliphatic hydroxyl groups is 3. The first kappa shape index (κ1) is 29.4. The molecule has 0 saturated carbocycles. The van der Waals surface area contributed by atoms with E-state index in [0.29, 0.717) is 6.61 Å². The maximum Gasteiger partial charge on any atom is 0.186 e. The van der Waals surface area contributed by atoms with Gasteiger partial charge in [-0.15, -0.1) is 0 Å². The topological polar surface area (TPSA) is 88.4 Å². The van der Waals surface area contributed by atoms with Gasteiger partial charge in [0.25, 0.3) is 0 Å². The summed E-state index contributed by atoms with van der Waals surface area (Å²) in [5.74, 6) is 0. The van der Waals surface area contributed by atoms with Gasteiger partial charge in [-0.1, -0.05) is 130 Å². The molecule has 1 saturated heterocycles. The third-order valence-corrected chi connectivity index (χ3v) is 7.45. The summed E-state index contributed by atoms with van der Waals surface area (Å²) >= 11 is 0. The van der Waals surface area contributed by atoms with Crippen molar-refractivity contribution in [3.8, 4) is 0 Å². The molecule has 4 rings (SSSR count). The van der Waals surface area contributed by atoms with Gasteiger partial charge in [0, 0.05) is 6.61 Å².